The molecule has 7 nitrogen and oxygen atoms in total. The monoisotopic (exact) mass is 589 g/mol. The van der Waals surface area contributed by atoms with Crippen molar-refractivity contribution in [1.29, 1.82) is 0 Å². The number of anilines is 1. The molecular formula is C34H43N3O4S. The zero-order chi connectivity index (χ0) is 30.3. The molecule has 1 N–H and O–H groups in total. The SMILES string of the molecule is Cc1cccc(CN(C(=O)CN(c2cc(C)ccc2C)S(C)(=O)=O)[C@@H](Cc2ccccc2)C(=O)NC2CCCCC2)c1. The van der Waals surface area contributed by atoms with Gasteiger partial charge in [0.15, 0.2) is 0 Å². The minimum Gasteiger partial charge on any atom is -0.352 e. The van der Waals surface area contributed by atoms with Crippen LogP contribution in [0.1, 0.15) is 59.9 Å². The summed E-state index contributed by atoms with van der Waals surface area (Å²) in [5.74, 6) is -0.632. The number of benzene rings is 3. The van der Waals surface area contributed by atoms with Gasteiger partial charge in [-0.05, 0) is 61.9 Å². The first-order valence-electron chi connectivity index (χ1n) is 14.8. The highest BCUT2D eigenvalue weighted by Crippen LogP contribution is 2.25. The molecule has 0 aromatic heterocycles. The lowest BCUT2D eigenvalue weighted by atomic mass is 9.94. The van der Waals surface area contributed by atoms with Crippen LogP contribution in [-0.2, 0) is 32.6 Å². The molecule has 1 aliphatic carbocycles. The van der Waals surface area contributed by atoms with Crippen molar-refractivity contribution in [2.24, 2.45) is 0 Å². The third kappa shape index (κ3) is 8.44. The zero-order valence-electron chi connectivity index (χ0n) is 25.2. The molecule has 1 saturated carbocycles. The quantitative estimate of drug-likeness (QED) is 0.322. The lowest BCUT2D eigenvalue weighted by molar-refractivity contribution is -0.140. The van der Waals surface area contributed by atoms with E-state index in [1.165, 1.54) is 4.31 Å². The fraction of sp³-hybridized carbons (Fsp3) is 0.412. The molecular weight excluding hydrogens is 546 g/mol. The number of aryl methyl sites for hydroxylation is 3. The molecule has 4 rings (SSSR count). The van der Waals surface area contributed by atoms with Gasteiger partial charge in [-0.15, -0.1) is 0 Å². The van der Waals surface area contributed by atoms with Crippen LogP contribution in [0, 0.1) is 20.8 Å². The molecule has 42 heavy (non-hydrogen) atoms. The van der Waals surface area contributed by atoms with Crippen LogP contribution in [0.3, 0.4) is 0 Å². The van der Waals surface area contributed by atoms with Crippen LogP contribution in [-0.4, -0.2) is 50.0 Å². The molecule has 0 radical (unpaired) electrons. The zero-order valence-corrected chi connectivity index (χ0v) is 26.0. The Kier molecular flexibility index (Phi) is 10.4. The summed E-state index contributed by atoms with van der Waals surface area (Å²) < 4.78 is 27.3. The van der Waals surface area contributed by atoms with Crippen molar-refractivity contribution >= 4 is 27.5 Å². The number of carbonyl (C=O) groups is 2. The van der Waals surface area contributed by atoms with Gasteiger partial charge in [-0.25, -0.2) is 8.42 Å². The average Bonchev–Trinajstić information content (AvgIpc) is 2.95. The van der Waals surface area contributed by atoms with Crippen molar-refractivity contribution in [1.82, 2.24) is 10.2 Å². The van der Waals surface area contributed by atoms with Crippen LogP contribution < -0.4 is 9.62 Å². The minimum atomic E-state index is -3.81. The second-order valence-corrected chi connectivity index (χ2v) is 13.5. The molecule has 0 saturated heterocycles. The van der Waals surface area contributed by atoms with E-state index in [4.69, 9.17) is 0 Å². The molecule has 3 aromatic rings. The summed E-state index contributed by atoms with van der Waals surface area (Å²) in [6.07, 6.45) is 6.58. The first kappa shape index (κ1) is 31.3. The summed E-state index contributed by atoms with van der Waals surface area (Å²) in [4.78, 5) is 29.9. The number of sulfonamides is 1. The van der Waals surface area contributed by atoms with Gasteiger partial charge < -0.3 is 10.2 Å². The maximum atomic E-state index is 14.3. The lowest BCUT2D eigenvalue weighted by Gasteiger charge is -2.35. The number of nitrogens with one attached hydrogen (secondary N) is 1. The van der Waals surface area contributed by atoms with E-state index in [9.17, 15) is 18.0 Å². The van der Waals surface area contributed by atoms with Gasteiger partial charge in [0, 0.05) is 19.0 Å². The van der Waals surface area contributed by atoms with Crippen molar-refractivity contribution < 1.29 is 18.0 Å². The van der Waals surface area contributed by atoms with E-state index in [0.717, 1.165) is 66.2 Å². The molecule has 0 heterocycles. The number of hydrogen-bond acceptors (Lipinski definition) is 4. The Morgan fingerprint density at radius 2 is 1.52 bits per heavy atom. The fourth-order valence-corrected chi connectivity index (χ4v) is 6.59. The van der Waals surface area contributed by atoms with E-state index in [-0.39, 0.29) is 18.5 Å². The molecule has 224 valence electrons. The van der Waals surface area contributed by atoms with Crippen molar-refractivity contribution in [3.05, 3.63) is 101 Å². The Morgan fingerprint density at radius 3 is 2.19 bits per heavy atom. The fourth-order valence-electron chi connectivity index (χ4n) is 5.69. The van der Waals surface area contributed by atoms with Crippen LogP contribution in [0.4, 0.5) is 5.69 Å². The summed E-state index contributed by atoms with van der Waals surface area (Å²) in [5, 5.41) is 3.24. The Balaban J connectivity index is 1.74. The summed E-state index contributed by atoms with van der Waals surface area (Å²) in [7, 11) is -3.81. The Hall–Kier alpha value is -3.65. The van der Waals surface area contributed by atoms with Crippen molar-refractivity contribution in [2.45, 2.75) is 77.9 Å². The summed E-state index contributed by atoms with van der Waals surface area (Å²) >= 11 is 0. The highest BCUT2D eigenvalue weighted by atomic mass is 32.2. The molecule has 3 aromatic carbocycles. The van der Waals surface area contributed by atoms with Gasteiger partial charge in [0.1, 0.15) is 12.6 Å². The number of amides is 2. The number of carbonyl (C=O) groups excluding carboxylic acids is 2. The molecule has 0 aliphatic heterocycles. The second kappa shape index (κ2) is 14.0. The number of hydrogen-bond donors (Lipinski definition) is 1. The van der Waals surface area contributed by atoms with Crippen LogP contribution in [0.5, 0.6) is 0 Å². The molecule has 8 heteroatoms. The largest absolute Gasteiger partial charge is 0.352 e. The standard InChI is InChI=1S/C34H43N3O4S/c1-25-12-11-15-29(20-25)23-36(33(38)24-37(42(4,40)41)31-21-26(2)18-19-27(31)3)32(22-28-13-7-5-8-14-28)34(39)35-30-16-9-6-10-17-30/h5,7-8,11-15,18-21,30,32H,6,9-10,16-17,22-24H2,1-4H3,(H,35,39)/t32-/m0/s1. The van der Waals surface area contributed by atoms with Gasteiger partial charge in [-0.3, -0.25) is 13.9 Å². The Morgan fingerprint density at radius 1 is 0.857 bits per heavy atom. The van der Waals surface area contributed by atoms with Crippen molar-refractivity contribution in [3.8, 4) is 0 Å². The third-order valence-electron chi connectivity index (χ3n) is 7.97. The highest BCUT2D eigenvalue weighted by Gasteiger charge is 2.34. The predicted molar refractivity (Wildman–Crippen MR) is 169 cm³/mol. The van der Waals surface area contributed by atoms with E-state index in [1.54, 1.807) is 11.0 Å². The third-order valence-corrected chi connectivity index (χ3v) is 9.10. The molecule has 0 bridgehead atoms. The Labute approximate surface area is 251 Å². The smallest absolute Gasteiger partial charge is 0.244 e. The van der Waals surface area contributed by atoms with E-state index in [0.29, 0.717) is 12.1 Å². The van der Waals surface area contributed by atoms with Crippen LogP contribution >= 0.6 is 0 Å². The van der Waals surface area contributed by atoms with Gasteiger partial charge in [-0.1, -0.05) is 91.6 Å². The second-order valence-electron chi connectivity index (χ2n) is 11.6. The first-order chi connectivity index (χ1) is 20.0. The predicted octanol–water partition coefficient (Wildman–Crippen LogP) is 5.47. The lowest BCUT2D eigenvalue weighted by Crippen LogP contribution is -2.55. The van der Waals surface area contributed by atoms with Gasteiger partial charge in [-0.2, -0.15) is 0 Å². The molecule has 1 fully saturated rings. The van der Waals surface area contributed by atoms with Gasteiger partial charge in [0.2, 0.25) is 21.8 Å². The maximum absolute atomic E-state index is 14.3. The van der Waals surface area contributed by atoms with Crippen LogP contribution in [0.15, 0.2) is 72.8 Å². The summed E-state index contributed by atoms with van der Waals surface area (Å²) in [6, 6.07) is 22.3. The summed E-state index contributed by atoms with van der Waals surface area (Å²) in [6.45, 7) is 5.48. The van der Waals surface area contributed by atoms with Gasteiger partial charge in [0.05, 0.1) is 11.9 Å². The minimum absolute atomic E-state index is 0.0721. The molecule has 0 unspecified atom stereocenters. The molecule has 1 aliphatic rings. The van der Waals surface area contributed by atoms with E-state index in [1.807, 2.05) is 87.5 Å². The number of rotatable bonds is 11. The molecule has 1 atom stereocenters. The summed E-state index contributed by atoms with van der Waals surface area (Å²) in [5.41, 5.74) is 4.95. The van der Waals surface area contributed by atoms with E-state index in [2.05, 4.69) is 5.32 Å². The average molecular weight is 590 g/mol. The Bertz CT molecular complexity index is 1480. The van der Waals surface area contributed by atoms with Crippen molar-refractivity contribution in [2.75, 3.05) is 17.1 Å². The topological polar surface area (TPSA) is 86.8 Å². The highest BCUT2D eigenvalue weighted by molar-refractivity contribution is 7.92. The van der Waals surface area contributed by atoms with Gasteiger partial charge >= 0.3 is 0 Å². The van der Waals surface area contributed by atoms with E-state index < -0.39 is 28.5 Å². The van der Waals surface area contributed by atoms with Crippen LogP contribution in [0.25, 0.3) is 0 Å². The molecule has 0 spiro atoms. The van der Waals surface area contributed by atoms with Crippen LogP contribution in [0.2, 0.25) is 0 Å². The molecule has 2 amide bonds. The normalized spacial score (nSPS) is 14.7. The van der Waals surface area contributed by atoms with Crippen molar-refractivity contribution in [3.63, 3.8) is 0 Å². The van der Waals surface area contributed by atoms with E-state index >= 15 is 0 Å². The van der Waals surface area contributed by atoms with Gasteiger partial charge in [0.25, 0.3) is 0 Å². The first-order valence-corrected chi connectivity index (χ1v) is 16.6. The maximum Gasteiger partial charge on any atom is 0.244 e. The number of nitrogens with zero attached hydrogens (tertiary/aromatic N) is 2.